The predicted octanol–water partition coefficient (Wildman–Crippen LogP) is 3.17. The summed E-state index contributed by atoms with van der Waals surface area (Å²) >= 11 is 0. The zero-order valence-electron chi connectivity index (χ0n) is 10.3. The quantitative estimate of drug-likeness (QED) is 0.804. The summed E-state index contributed by atoms with van der Waals surface area (Å²) in [7, 11) is 0. The highest BCUT2D eigenvalue weighted by molar-refractivity contribution is 6.04. The molecular weight excluding hydrogens is 263 g/mol. The number of hydrogen-bond acceptors (Lipinski definition) is 2. The van der Waals surface area contributed by atoms with E-state index in [1.54, 1.807) is 6.07 Å². The SMILES string of the molecule is O=C(O)Nc1ccc(NC(=O)c2ccccc2F)cc1. The molecule has 2 rings (SSSR count). The number of benzene rings is 2. The van der Waals surface area contributed by atoms with E-state index in [2.05, 4.69) is 10.6 Å². The molecule has 0 radical (unpaired) electrons. The Kier molecular flexibility index (Phi) is 3.95. The fourth-order valence-corrected chi connectivity index (χ4v) is 1.60. The fourth-order valence-electron chi connectivity index (χ4n) is 1.60. The normalized spacial score (nSPS) is 9.85. The van der Waals surface area contributed by atoms with E-state index >= 15 is 0 Å². The zero-order valence-corrected chi connectivity index (χ0v) is 10.3. The Morgan fingerprint density at radius 1 is 0.900 bits per heavy atom. The third-order valence-electron chi connectivity index (χ3n) is 2.51. The molecule has 2 aromatic rings. The summed E-state index contributed by atoms with van der Waals surface area (Å²) in [4.78, 5) is 22.3. The number of rotatable bonds is 3. The number of halogens is 1. The monoisotopic (exact) mass is 274 g/mol. The molecule has 6 heteroatoms. The van der Waals surface area contributed by atoms with Gasteiger partial charge in [0.25, 0.3) is 5.91 Å². The molecule has 0 atom stereocenters. The van der Waals surface area contributed by atoms with Crippen LogP contribution in [0.2, 0.25) is 0 Å². The van der Waals surface area contributed by atoms with Gasteiger partial charge in [0.2, 0.25) is 0 Å². The van der Waals surface area contributed by atoms with Gasteiger partial charge in [-0.3, -0.25) is 10.1 Å². The van der Waals surface area contributed by atoms with Gasteiger partial charge in [-0.15, -0.1) is 0 Å². The highest BCUT2D eigenvalue weighted by Gasteiger charge is 2.10. The first kappa shape index (κ1) is 13.5. The van der Waals surface area contributed by atoms with Gasteiger partial charge in [0.1, 0.15) is 5.82 Å². The van der Waals surface area contributed by atoms with Crippen LogP contribution in [0.1, 0.15) is 10.4 Å². The van der Waals surface area contributed by atoms with Crippen molar-refractivity contribution in [2.45, 2.75) is 0 Å². The summed E-state index contributed by atoms with van der Waals surface area (Å²) in [5.41, 5.74) is 0.760. The van der Waals surface area contributed by atoms with Crippen molar-refractivity contribution in [1.29, 1.82) is 0 Å². The van der Waals surface area contributed by atoms with Crippen LogP contribution in [-0.2, 0) is 0 Å². The van der Waals surface area contributed by atoms with E-state index in [-0.39, 0.29) is 5.56 Å². The van der Waals surface area contributed by atoms with E-state index in [0.717, 1.165) is 0 Å². The summed E-state index contributed by atoms with van der Waals surface area (Å²) < 4.78 is 13.4. The summed E-state index contributed by atoms with van der Waals surface area (Å²) in [5.74, 6) is -1.17. The predicted molar refractivity (Wildman–Crippen MR) is 72.4 cm³/mol. The Morgan fingerprint density at radius 3 is 2.00 bits per heavy atom. The van der Waals surface area contributed by atoms with E-state index in [0.29, 0.717) is 11.4 Å². The topological polar surface area (TPSA) is 78.4 Å². The van der Waals surface area contributed by atoms with Crippen LogP contribution in [0.4, 0.5) is 20.6 Å². The van der Waals surface area contributed by atoms with Gasteiger partial charge in [-0.05, 0) is 36.4 Å². The molecular formula is C14H11FN2O3. The Labute approximate surface area is 114 Å². The van der Waals surface area contributed by atoms with Crippen molar-refractivity contribution >= 4 is 23.4 Å². The van der Waals surface area contributed by atoms with E-state index in [4.69, 9.17) is 5.11 Å². The van der Waals surface area contributed by atoms with E-state index in [9.17, 15) is 14.0 Å². The Bertz CT molecular complexity index is 641. The molecule has 2 aromatic carbocycles. The molecule has 0 aliphatic carbocycles. The highest BCUT2D eigenvalue weighted by Crippen LogP contribution is 2.15. The van der Waals surface area contributed by atoms with Crippen LogP contribution >= 0.6 is 0 Å². The Hall–Kier alpha value is -2.89. The fraction of sp³-hybridized carbons (Fsp3) is 0. The summed E-state index contributed by atoms with van der Waals surface area (Å²) in [6.45, 7) is 0. The number of carbonyl (C=O) groups excluding carboxylic acids is 1. The van der Waals surface area contributed by atoms with Gasteiger partial charge < -0.3 is 10.4 Å². The second-order valence-electron chi connectivity index (χ2n) is 3.94. The lowest BCUT2D eigenvalue weighted by Crippen LogP contribution is -2.13. The Balaban J connectivity index is 2.09. The number of hydrogen-bond donors (Lipinski definition) is 3. The molecule has 0 fully saturated rings. The van der Waals surface area contributed by atoms with Crippen LogP contribution in [0.15, 0.2) is 48.5 Å². The second-order valence-corrected chi connectivity index (χ2v) is 3.94. The van der Waals surface area contributed by atoms with E-state index in [1.807, 2.05) is 0 Å². The largest absolute Gasteiger partial charge is 0.465 e. The number of carboxylic acid groups (broad SMARTS) is 1. The van der Waals surface area contributed by atoms with Crippen molar-refractivity contribution in [3.63, 3.8) is 0 Å². The van der Waals surface area contributed by atoms with Gasteiger partial charge in [0, 0.05) is 11.4 Å². The molecule has 20 heavy (non-hydrogen) atoms. The van der Waals surface area contributed by atoms with Crippen molar-refractivity contribution in [2.75, 3.05) is 10.6 Å². The zero-order chi connectivity index (χ0) is 14.5. The Morgan fingerprint density at radius 2 is 1.45 bits per heavy atom. The average Bonchev–Trinajstić information content (AvgIpc) is 2.41. The van der Waals surface area contributed by atoms with Crippen molar-refractivity contribution in [3.05, 3.63) is 59.9 Å². The maximum absolute atomic E-state index is 13.4. The van der Waals surface area contributed by atoms with Gasteiger partial charge in [-0.2, -0.15) is 0 Å². The molecule has 0 aliphatic rings. The molecule has 0 spiro atoms. The van der Waals surface area contributed by atoms with Crippen LogP contribution < -0.4 is 10.6 Å². The standard InChI is InChI=1S/C14H11FN2O3/c15-12-4-2-1-3-11(12)13(18)16-9-5-7-10(8-6-9)17-14(19)20/h1-8,17H,(H,16,18)(H,19,20). The van der Waals surface area contributed by atoms with Crippen LogP contribution in [-0.4, -0.2) is 17.1 Å². The minimum Gasteiger partial charge on any atom is -0.465 e. The first-order valence-corrected chi connectivity index (χ1v) is 5.72. The van der Waals surface area contributed by atoms with E-state index < -0.39 is 17.8 Å². The molecule has 0 bridgehead atoms. The molecule has 0 heterocycles. The van der Waals surface area contributed by atoms with Crippen LogP contribution in [0.3, 0.4) is 0 Å². The molecule has 102 valence electrons. The molecule has 2 amide bonds. The second kappa shape index (κ2) is 5.83. The van der Waals surface area contributed by atoms with Gasteiger partial charge >= 0.3 is 6.09 Å². The van der Waals surface area contributed by atoms with Crippen LogP contribution in [0.25, 0.3) is 0 Å². The van der Waals surface area contributed by atoms with Gasteiger partial charge in [-0.25, -0.2) is 9.18 Å². The van der Waals surface area contributed by atoms with Crippen molar-refractivity contribution in [3.8, 4) is 0 Å². The lowest BCUT2D eigenvalue weighted by Gasteiger charge is -2.07. The molecule has 0 aliphatic heterocycles. The average molecular weight is 274 g/mol. The minimum absolute atomic E-state index is 0.0553. The summed E-state index contributed by atoms with van der Waals surface area (Å²) in [6, 6.07) is 11.7. The molecule has 5 nitrogen and oxygen atoms in total. The number of nitrogens with one attached hydrogen (secondary N) is 2. The first-order chi connectivity index (χ1) is 9.56. The van der Waals surface area contributed by atoms with E-state index in [1.165, 1.54) is 42.5 Å². The number of amides is 2. The van der Waals surface area contributed by atoms with Crippen molar-refractivity contribution < 1.29 is 19.1 Å². The smallest absolute Gasteiger partial charge is 0.409 e. The van der Waals surface area contributed by atoms with Crippen LogP contribution in [0.5, 0.6) is 0 Å². The lowest BCUT2D eigenvalue weighted by atomic mass is 10.2. The number of carbonyl (C=O) groups is 2. The maximum atomic E-state index is 13.4. The minimum atomic E-state index is -1.17. The number of anilines is 2. The third-order valence-corrected chi connectivity index (χ3v) is 2.51. The lowest BCUT2D eigenvalue weighted by molar-refractivity contribution is 0.102. The molecule has 0 aromatic heterocycles. The molecule has 3 N–H and O–H groups in total. The van der Waals surface area contributed by atoms with Gasteiger partial charge in [0.05, 0.1) is 5.56 Å². The third kappa shape index (κ3) is 3.32. The van der Waals surface area contributed by atoms with Crippen molar-refractivity contribution in [2.24, 2.45) is 0 Å². The van der Waals surface area contributed by atoms with Crippen LogP contribution in [0, 0.1) is 5.82 Å². The summed E-state index contributed by atoms with van der Waals surface area (Å²) in [5, 5.41) is 13.2. The molecule has 0 unspecified atom stereocenters. The van der Waals surface area contributed by atoms with Gasteiger partial charge in [-0.1, -0.05) is 12.1 Å². The molecule has 0 saturated heterocycles. The summed E-state index contributed by atoms with van der Waals surface area (Å²) in [6.07, 6.45) is -1.17. The van der Waals surface area contributed by atoms with Gasteiger partial charge in [0.15, 0.2) is 0 Å². The maximum Gasteiger partial charge on any atom is 0.409 e. The molecule has 0 saturated carbocycles. The first-order valence-electron chi connectivity index (χ1n) is 5.72. The highest BCUT2D eigenvalue weighted by atomic mass is 19.1. The van der Waals surface area contributed by atoms with Crippen molar-refractivity contribution in [1.82, 2.24) is 0 Å².